The molecule has 19 heavy (non-hydrogen) atoms. The molecule has 0 spiro atoms. The number of urea groups is 1. The zero-order valence-electron chi connectivity index (χ0n) is 10.2. The minimum absolute atomic E-state index is 0.189. The van der Waals surface area contributed by atoms with Gasteiger partial charge in [-0.1, -0.05) is 36.4 Å². The fourth-order valence-electron chi connectivity index (χ4n) is 2.18. The van der Waals surface area contributed by atoms with Crippen molar-refractivity contribution in [2.45, 2.75) is 0 Å². The number of hydrogen-bond donors (Lipinski definition) is 2. The number of nitrogens with zero attached hydrogens (tertiary/aromatic N) is 1. The summed E-state index contributed by atoms with van der Waals surface area (Å²) in [5.74, 6) is 0. The summed E-state index contributed by atoms with van der Waals surface area (Å²) < 4.78 is 0. The van der Waals surface area contributed by atoms with Gasteiger partial charge in [0.05, 0.1) is 5.69 Å². The molecule has 1 heterocycles. The van der Waals surface area contributed by atoms with Crippen molar-refractivity contribution in [3.8, 4) is 0 Å². The molecule has 0 aliphatic carbocycles. The van der Waals surface area contributed by atoms with E-state index >= 15 is 0 Å². The van der Waals surface area contributed by atoms with Gasteiger partial charge in [-0.05, 0) is 23.7 Å². The van der Waals surface area contributed by atoms with Gasteiger partial charge in [-0.3, -0.25) is 4.90 Å². The normalized spacial score (nSPS) is 14.5. The van der Waals surface area contributed by atoms with E-state index in [4.69, 9.17) is 12.2 Å². The molecule has 3 rings (SSSR count). The van der Waals surface area contributed by atoms with Crippen LogP contribution >= 0.6 is 12.2 Å². The Balaban J connectivity index is 1.89. The van der Waals surface area contributed by atoms with Gasteiger partial charge in [0.2, 0.25) is 0 Å². The Labute approximate surface area is 116 Å². The number of hydrogen-bond acceptors (Lipinski definition) is 2. The predicted octanol–water partition coefficient (Wildman–Crippen LogP) is 2.56. The standard InChI is InChI=1S/C14H13N3OS/c18-13(17-9-8-15-14(17)19)16-12-7-3-5-10-4-1-2-6-11(10)12/h1-7H,8-9H2,(H,15,19)(H,16,18). The van der Waals surface area contributed by atoms with Gasteiger partial charge in [0, 0.05) is 18.5 Å². The lowest BCUT2D eigenvalue weighted by atomic mass is 10.1. The van der Waals surface area contributed by atoms with E-state index in [2.05, 4.69) is 10.6 Å². The van der Waals surface area contributed by atoms with Gasteiger partial charge in [-0.15, -0.1) is 0 Å². The van der Waals surface area contributed by atoms with E-state index < -0.39 is 0 Å². The lowest BCUT2D eigenvalue weighted by Gasteiger charge is -2.16. The molecule has 2 aromatic rings. The minimum Gasteiger partial charge on any atom is -0.360 e. The number of carbonyl (C=O) groups is 1. The van der Waals surface area contributed by atoms with Crippen LogP contribution in [0, 0.1) is 0 Å². The van der Waals surface area contributed by atoms with Crippen molar-refractivity contribution in [2.75, 3.05) is 18.4 Å². The molecule has 0 radical (unpaired) electrons. The minimum atomic E-state index is -0.189. The molecule has 5 heteroatoms. The Morgan fingerprint density at radius 3 is 2.79 bits per heavy atom. The predicted molar refractivity (Wildman–Crippen MR) is 80.3 cm³/mol. The van der Waals surface area contributed by atoms with Crippen LogP contribution in [0.1, 0.15) is 0 Å². The van der Waals surface area contributed by atoms with Gasteiger partial charge in [0.1, 0.15) is 0 Å². The van der Waals surface area contributed by atoms with Gasteiger partial charge in [0.15, 0.2) is 5.11 Å². The van der Waals surface area contributed by atoms with Crippen molar-refractivity contribution >= 4 is 39.8 Å². The molecular formula is C14H13N3OS. The van der Waals surface area contributed by atoms with Crippen molar-refractivity contribution in [1.29, 1.82) is 0 Å². The fraction of sp³-hybridized carbons (Fsp3) is 0.143. The first-order valence-corrected chi connectivity index (χ1v) is 6.50. The number of benzene rings is 2. The first-order valence-electron chi connectivity index (χ1n) is 6.10. The number of thiocarbonyl (C=S) groups is 1. The van der Waals surface area contributed by atoms with Crippen LogP contribution in [0.2, 0.25) is 0 Å². The van der Waals surface area contributed by atoms with E-state index in [-0.39, 0.29) is 6.03 Å². The van der Waals surface area contributed by atoms with Crippen molar-refractivity contribution in [2.24, 2.45) is 0 Å². The maximum Gasteiger partial charge on any atom is 0.328 e. The van der Waals surface area contributed by atoms with E-state index in [9.17, 15) is 4.79 Å². The average molecular weight is 271 g/mol. The molecule has 0 atom stereocenters. The van der Waals surface area contributed by atoms with Crippen LogP contribution in [0.15, 0.2) is 42.5 Å². The SMILES string of the molecule is O=C(Nc1cccc2ccccc12)N1CCNC1=S. The number of amides is 2. The van der Waals surface area contributed by atoms with E-state index in [0.717, 1.165) is 16.5 Å². The average Bonchev–Trinajstić information content (AvgIpc) is 2.85. The molecule has 1 aliphatic rings. The highest BCUT2D eigenvalue weighted by Crippen LogP contribution is 2.23. The van der Waals surface area contributed by atoms with Crippen LogP contribution in [0.3, 0.4) is 0 Å². The zero-order chi connectivity index (χ0) is 13.2. The number of anilines is 1. The monoisotopic (exact) mass is 271 g/mol. The molecule has 0 saturated carbocycles. The quantitative estimate of drug-likeness (QED) is 0.784. The summed E-state index contributed by atoms with van der Waals surface area (Å²) in [5, 5.41) is 8.49. The third-order valence-electron chi connectivity index (χ3n) is 3.13. The Bertz CT molecular complexity index is 651. The topological polar surface area (TPSA) is 44.4 Å². The van der Waals surface area contributed by atoms with Crippen LogP contribution < -0.4 is 10.6 Å². The zero-order valence-corrected chi connectivity index (χ0v) is 11.0. The largest absolute Gasteiger partial charge is 0.360 e. The summed E-state index contributed by atoms with van der Waals surface area (Å²) in [7, 11) is 0. The fourth-order valence-corrected chi connectivity index (χ4v) is 2.46. The molecule has 2 aromatic carbocycles. The highest BCUT2D eigenvalue weighted by atomic mass is 32.1. The second-order valence-corrected chi connectivity index (χ2v) is 4.73. The van der Waals surface area contributed by atoms with E-state index in [1.54, 1.807) is 0 Å². The number of rotatable bonds is 1. The van der Waals surface area contributed by atoms with Crippen LogP contribution in [-0.2, 0) is 0 Å². The first-order chi connectivity index (χ1) is 9.25. The molecule has 0 aromatic heterocycles. The molecule has 2 N–H and O–H groups in total. The summed E-state index contributed by atoms with van der Waals surface area (Å²) in [4.78, 5) is 13.7. The lowest BCUT2D eigenvalue weighted by Crippen LogP contribution is -2.37. The van der Waals surface area contributed by atoms with Gasteiger partial charge in [0.25, 0.3) is 0 Å². The van der Waals surface area contributed by atoms with E-state index in [0.29, 0.717) is 18.2 Å². The Hall–Kier alpha value is -2.14. The van der Waals surface area contributed by atoms with Crippen molar-refractivity contribution in [3.63, 3.8) is 0 Å². The van der Waals surface area contributed by atoms with E-state index in [1.807, 2.05) is 42.5 Å². The highest BCUT2D eigenvalue weighted by molar-refractivity contribution is 7.80. The highest BCUT2D eigenvalue weighted by Gasteiger charge is 2.23. The third-order valence-corrected chi connectivity index (χ3v) is 3.50. The summed E-state index contributed by atoms with van der Waals surface area (Å²) in [5.41, 5.74) is 0.804. The Morgan fingerprint density at radius 2 is 2.00 bits per heavy atom. The smallest absolute Gasteiger partial charge is 0.328 e. The maximum absolute atomic E-state index is 12.2. The molecule has 1 fully saturated rings. The summed E-state index contributed by atoms with van der Waals surface area (Å²) in [6.07, 6.45) is 0. The van der Waals surface area contributed by atoms with Gasteiger partial charge in [-0.2, -0.15) is 0 Å². The maximum atomic E-state index is 12.2. The lowest BCUT2D eigenvalue weighted by molar-refractivity contribution is 0.237. The third kappa shape index (κ3) is 2.24. The second kappa shape index (κ2) is 4.85. The molecule has 96 valence electrons. The van der Waals surface area contributed by atoms with Crippen molar-refractivity contribution < 1.29 is 4.79 Å². The van der Waals surface area contributed by atoms with Crippen LogP contribution in [-0.4, -0.2) is 29.1 Å². The van der Waals surface area contributed by atoms with Crippen LogP contribution in [0.4, 0.5) is 10.5 Å². The summed E-state index contributed by atoms with van der Waals surface area (Å²) in [6, 6.07) is 13.6. The first kappa shape index (κ1) is 11.9. The molecule has 4 nitrogen and oxygen atoms in total. The number of carbonyl (C=O) groups excluding carboxylic acids is 1. The molecule has 1 aliphatic heterocycles. The summed E-state index contributed by atoms with van der Waals surface area (Å²) in [6.45, 7) is 1.32. The van der Waals surface area contributed by atoms with Crippen LogP contribution in [0.25, 0.3) is 10.8 Å². The molecule has 0 unspecified atom stereocenters. The molecular weight excluding hydrogens is 258 g/mol. The van der Waals surface area contributed by atoms with Crippen molar-refractivity contribution in [3.05, 3.63) is 42.5 Å². The Morgan fingerprint density at radius 1 is 1.21 bits per heavy atom. The second-order valence-electron chi connectivity index (χ2n) is 4.34. The van der Waals surface area contributed by atoms with Crippen molar-refractivity contribution in [1.82, 2.24) is 10.2 Å². The van der Waals surface area contributed by atoms with Gasteiger partial charge >= 0.3 is 6.03 Å². The van der Waals surface area contributed by atoms with Gasteiger partial charge < -0.3 is 10.6 Å². The molecule has 1 saturated heterocycles. The molecule has 2 amide bonds. The number of fused-ring (bicyclic) bond motifs is 1. The van der Waals surface area contributed by atoms with Crippen LogP contribution in [0.5, 0.6) is 0 Å². The molecule has 0 bridgehead atoms. The summed E-state index contributed by atoms with van der Waals surface area (Å²) >= 11 is 5.08. The van der Waals surface area contributed by atoms with Gasteiger partial charge in [-0.25, -0.2) is 4.79 Å². The van der Waals surface area contributed by atoms with E-state index in [1.165, 1.54) is 4.90 Å². The number of nitrogens with one attached hydrogen (secondary N) is 2. The Kier molecular flexibility index (Phi) is 3.05.